The SMILES string of the molecule is NC(=O)C(c1ccc(Oc2ccccc2)cc1)N1CCC(NCc2cccnc2)CC1. The molecular formula is C25H28N4O2. The lowest BCUT2D eigenvalue weighted by Gasteiger charge is -2.36. The maximum Gasteiger partial charge on any atom is 0.239 e. The number of piperidine rings is 1. The number of likely N-dealkylation sites (tertiary alicyclic amines) is 1. The third kappa shape index (κ3) is 5.69. The molecule has 1 fully saturated rings. The standard InChI is InChI=1S/C25H28N4O2/c26-25(30)24(20-8-10-23(11-9-20)31-22-6-2-1-3-7-22)29-15-12-21(13-16-29)28-18-19-5-4-14-27-17-19/h1-11,14,17,21,24,28H,12-13,15-16,18H2,(H2,26,30). The summed E-state index contributed by atoms with van der Waals surface area (Å²) in [5.41, 5.74) is 7.87. The number of ether oxygens (including phenoxy) is 1. The maximum atomic E-state index is 12.3. The summed E-state index contributed by atoms with van der Waals surface area (Å²) in [4.78, 5) is 18.6. The highest BCUT2D eigenvalue weighted by molar-refractivity contribution is 5.81. The number of carbonyl (C=O) groups is 1. The summed E-state index contributed by atoms with van der Waals surface area (Å²) in [5, 5.41) is 3.60. The highest BCUT2D eigenvalue weighted by Gasteiger charge is 2.29. The Labute approximate surface area is 183 Å². The molecule has 160 valence electrons. The monoisotopic (exact) mass is 416 g/mol. The van der Waals surface area contributed by atoms with E-state index in [1.54, 1.807) is 6.20 Å². The van der Waals surface area contributed by atoms with Gasteiger partial charge < -0.3 is 15.8 Å². The number of nitrogens with one attached hydrogen (secondary N) is 1. The fourth-order valence-corrected chi connectivity index (χ4v) is 4.02. The van der Waals surface area contributed by atoms with Gasteiger partial charge in [0, 0.05) is 38.1 Å². The predicted molar refractivity (Wildman–Crippen MR) is 121 cm³/mol. The van der Waals surface area contributed by atoms with Crippen LogP contribution in [-0.2, 0) is 11.3 Å². The topological polar surface area (TPSA) is 80.5 Å². The number of benzene rings is 2. The van der Waals surface area contributed by atoms with Crippen LogP contribution < -0.4 is 15.8 Å². The van der Waals surface area contributed by atoms with Crippen molar-refractivity contribution in [1.82, 2.24) is 15.2 Å². The molecule has 6 nitrogen and oxygen atoms in total. The fourth-order valence-electron chi connectivity index (χ4n) is 4.02. The van der Waals surface area contributed by atoms with Crippen LogP contribution in [0.5, 0.6) is 11.5 Å². The molecule has 3 aromatic rings. The summed E-state index contributed by atoms with van der Waals surface area (Å²) in [6.07, 6.45) is 5.61. The second-order valence-electron chi connectivity index (χ2n) is 7.84. The molecule has 1 aliphatic heterocycles. The molecule has 2 aromatic carbocycles. The van der Waals surface area contributed by atoms with Crippen molar-refractivity contribution in [2.24, 2.45) is 5.73 Å². The molecule has 1 aliphatic rings. The Balaban J connectivity index is 1.34. The van der Waals surface area contributed by atoms with Gasteiger partial charge in [0.1, 0.15) is 17.5 Å². The van der Waals surface area contributed by atoms with E-state index in [0.29, 0.717) is 6.04 Å². The van der Waals surface area contributed by atoms with E-state index in [9.17, 15) is 4.79 Å². The van der Waals surface area contributed by atoms with Gasteiger partial charge in [-0.25, -0.2) is 0 Å². The fraction of sp³-hybridized carbons (Fsp3) is 0.280. The average molecular weight is 417 g/mol. The molecule has 0 spiro atoms. The van der Waals surface area contributed by atoms with E-state index in [-0.39, 0.29) is 5.91 Å². The minimum atomic E-state index is -0.426. The van der Waals surface area contributed by atoms with Gasteiger partial charge in [0.25, 0.3) is 0 Å². The van der Waals surface area contributed by atoms with Crippen LogP contribution in [0.3, 0.4) is 0 Å². The summed E-state index contributed by atoms with van der Waals surface area (Å²) in [6.45, 7) is 2.45. The van der Waals surface area contributed by atoms with Gasteiger partial charge in [-0.05, 0) is 54.3 Å². The van der Waals surface area contributed by atoms with E-state index in [1.807, 2.05) is 66.9 Å². The van der Waals surface area contributed by atoms with Gasteiger partial charge in [0.15, 0.2) is 0 Å². The number of nitrogens with two attached hydrogens (primary N) is 1. The third-order valence-corrected chi connectivity index (χ3v) is 5.66. The quantitative estimate of drug-likeness (QED) is 0.586. The highest BCUT2D eigenvalue weighted by atomic mass is 16.5. The zero-order chi connectivity index (χ0) is 21.5. The Morgan fingerprint density at radius 1 is 1.03 bits per heavy atom. The molecule has 1 amide bonds. The molecule has 31 heavy (non-hydrogen) atoms. The van der Waals surface area contributed by atoms with Gasteiger partial charge in [0.2, 0.25) is 5.91 Å². The number of hydrogen-bond donors (Lipinski definition) is 2. The van der Waals surface area contributed by atoms with Crippen molar-refractivity contribution >= 4 is 5.91 Å². The van der Waals surface area contributed by atoms with Crippen LogP contribution in [-0.4, -0.2) is 34.9 Å². The van der Waals surface area contributed by atoms with Gasteiger partial charge in [-0.15, -0.1) is 0 Å². The number of pyridine rings is 1. The molecule has 0 bridgehead atoms. The number of rotatable bonds is 8. The Hall–Kier alpha value is -3.22. The summed E-state index contributed by atoms with van der Waals surface area (Å²) in [5.74, 6) is 1.19. The zero-order valence-electron chi connectivity index (χ0n) is 17.5. The summed E-state index contributed by atoms with van der Waals surface area (Å²) >= 11 is 0. The highest BCUT2D eigenvalue weighted by Crippen LogP contribution is 2.28. The molecule has 0 radical (unpaired) electrons. The lowest BCUT2D eigenvalue weighted by atomic mass is 9.98. The van der Waals surface area contributed by atoms with Crippen molar-refractivity contribution in [1.29, 1.82) is 0 Å². The first kappa shape index (κ1) is 21.0. The number of hydrogen-bond acceptors (Lipinski definition) is 5. The Bertz CT molecular complexity index is 956. The first-order valence-corrected chi connectivity index (χ1v) is 10.7. The first-order valence-electron chi connectivity index (χ1n) is 10.7. The van der Waals surface area contributed by atoms with Gasteiger partial charge in [0.05, 0.1) is 0 Å². The summed E-state index contributed by atoms with van der Waals surface area (Å²) in [7, 11) is 0. The molecule has 6 heteroatoms. The van der Waals surface area contributed by atoms with Gasteiger partial charge in [-0.2, -0.15) is 0 Å². The van der Waals surface area contributed by atoms with Crippen molar-refractivity contribution < 1.29 is 9.53 Å². The molecule has 1 saturated heterocycles. The average Bonchev–Trinajstić information content (AvgIpc) is 2.81. The number of aromatic nitrogens is 1. The first-order chi connectivity index (χ1) is 15.2. The minimum absolute atomic E-state index is 0.321. The van der Waals surface area contributed by atoms with Gasteiger partial charge in [-0.1, -0.05) is 36.4 Å². The van der Waals surface area contributed by atoms with E-state index < -0.39 is 6.04 Å². The molecule has 1 unspecified atom stereocenters. The van der Waals surface area contributed by atoms with E-state index >= 15 is 0 Å². The molecule has 4 rings (SSSR count). The van der Waals surface area contributed by atoms with E-state index in [4.69, 9.17) is 10.5 Å². The van der Waals surface area contributed by atoms with Crippen LogP contribution in [0, 0.1) is 0 Å². The van der Waals surface area contributed by atoms with E-state index in [2.05, 4.69) is 21.3 Å². The van der Waals surface area contributed by atoms with Crippen LogP contribution in [0.2, 0.25) is 0 Å². The Morgan fingerprint density at radius 2 is 1.74 bits per heavy atom. The predicted octanol–water partition coefficient (Wildman–Crippen LogP) is 3.65. The molecule has 0 saturated carbocycles. The molecule has 3 N–H and O–H groups in total. The van der Waals surface area contributed by atoms with Crippen LogP contribution in [0.25, 0.3) is 0 Å². The Morgan fingerprint density at radius 3 is 2.39 bits per heavy atom. The summed E-state index contributed by atoms with van der Waals surface area (Å²) in [6, 6.07) is 21.3. The molecule has 2 heterocycles. The minimum Gasteiger partial charge on any atom is -0.457 e. The van der Waals surface area contributed by atoms with E-state index in [1.165, 1.54) is 5.56 Å². The number of primary amides is 1. The Kier molecular flexibility index (Phi) is 6.92. The van der Waals surface area contributed by atoms with Crippen LogP contribution in [0.1, 0.15) is 30.0 Å². The van der Waals surface area contributed by atoms with Crippen molar-refractivity contribution in [3.63, 3.8) is 0 Å². The smallest absolute Gasteiger partial charge is 0.239 e. The molecule has 1 atom stereocenters. The summed E-state index contributed by atoms with van der Waals surface area (Å²) < 4.78 is 5.85. The molecule has 1 aromatic heterocycles. The number of carbonyl (C=O) groups excluding carboxylic acids is 1. The lowest BCUT2D eigenvalue weighted by molar-refractivity contribution is -0.124. The van der Waals surface area contributed by atoms with Crippen LogP contribution in [0.4, 0.5) is 0 Å². The second-order valence-corrected chi connectivity index (χ2v) is 7.84. The van der Waals surface area contributed by atoms with Gasteiger partial charge in [-0.3, -0.25) is 14.7 Å². The maximum absolute atomic E-state index is 12.3. The molecular weight excluding hydrogens is 388 g/mol. The number of nitrogens with zero attached hydrogens (tertiary/aromatic N) is 2. The van der Waals surface area contributed by atoms with Crippen molar-refractivity contribution in [2.75, 3.05) is 13.1 Å². The van der Waals surface area contributed by atoms with Crippen LogP contribution in [0.15, 0.2) is 79.1 Å². The largest absolute Gasteiger partial charge is 0.457 e. The zero-order valence-corrected chi connectivity index (χ0v) is 17.5. The lowest BCUT2D eigenvalue weighted by Crippen LogP contribution is -2.46. The third-order valence-electron chi connectivity index (χ3n) is 5.66. The van der Waals surface area contributed by atoms with Crippen molar-refractivity contribution in [2.45, 2.75) is 31.5 Å². The number of amides is 1. The number of para-hydroxylation sites is 1. The second kappa shape index (κ2) is 10.2. The van der Waals surface area contributed by atoms with E-state index in [0.717, 1.165) is 49.5 Å². The normalized spacial score (nSPS) is 16.0. The van der Waals surface area contributed by atoms with Crippen molar-refractivity contribution in [3.05, 3.63) is 90.3 Å². The molecule has 0 aliphatic carbocycles. The van der Waals surface area contributed by atoms with Crippen molar-refractivity contribution in [3.8, 4) is 11.5 Å². The van der Waals surface area contributed by atoms with Gasteiger partial charge >= 0.3 is 0 Å². The van der Waals surface area contributed by atoms with Crippen LogP contribution >= 0.6 is 0 Å².